The first-order valence-electron chi connectivity index (χ1n) is 4.89. The summed E-state index contributed by atoms with van der Waals surface area (Å²) in [6, 6.07) is 10.6. The van der Waals surface area contributed by atoms with Crippen LogP contribution >= 0.6 is 0 Å². The van der Waals surface area contributed by atoms with Gasteiger partial charge >= 0.3 is 0 Å². The monoisotopic (exact) mass is 183 g/mol. The van der Waals surface area contributed by atoms with Crippen LogP contribution in [0.15, 0.2) is 36.5 Å². The van der Waals surface area contributed by atoms with E-state index in [-0.39, 0.29) is 0 Å². The maximum absolute atomic E-state index is 5.22. The molecule has 0 N–H and O–H groups in total. The second-order valence-electron chi connectivity index (χ2n) is 3.38. The summed E-state index contributed by atoms with van der Waals surface area (Å²) in [4.78, 5) is 0. The molecule has 1 heteroatoms. The lowest BCUT2D eigenvalue weighted by atomic mass is 10.2. The zero-order valence-electron chi connectivity index (χ0n) is 8.11. The zero-order valence-corrected chi connectivity index (χ0v) is 8.11. The lowest BCUT2D eigenvalue weighted by molar-refractivity contribution is 0.677. The summed E-state index contributed by atoms with van der Waals surface area (Å²) >= 11 is 0. The van der Waals surface area contributed by atoms with Crippen molar-refractivity contribution < 1.29 is 0 Å². The first-order chi connectivity index (χ1) is 6.92. The molecule has 0 atom stereocenters. The summed E-state index contributed by atoms with van der Waals surface area (Å²) < 4.78 is 2.26. The van der Waals surface area contributed by atoms with Crippen LogP contribution in [-0.4, -0.2) is 4.57 Å². The SMILES string of the molecule is C#CCCCn1ccc2ccccc21. The molecule has 0 aliphatic rings. The van der Waals surface area contributed by atoms with Crippen LogP contribution in [0.25, 0.3) is 10.9 Å². The van der Waals surface area contributed by atoms with Crippen LogP contribution in [0.2, 0.25) is 0 Å². The first-order valence-corrected chi connectivity index (χ1v) is 4.89. The van der Waals surface area contributed by atoms with Crippen molar-refractivity contribution in [1.29, 1.82) is 0 Å². The number of hydrogen-bond acceptors (Lipinski definition) is 0. The van der Waals surface area contributed by atoms with Gasteiger partial charge in [0.1, 0.15) is 0 Å². The van der Waals surface area contributed by atoms with Gasteiger partial charge in [-0.15, -0.1) is 12.3 Å². The van der Waals surface area contributed by atoms with Crippen LogP contribution in [0.4, 0.5) is 0 Å². The smallest absolute Gasteiger partial charge is 0.0480 e. The molecule has 0 bridgehead atoms. The maximum Gasteiger partial charge on any atom is 0.0480 e. The number of benzene rings is 1. The van der Waals surface area contributed by atoms with Gasteiger partial charge in [0.05, 0.1) is 0 Å². The van der Waals surface area contributed by atoms with Gasteiger partial charge in [0, 0.05) is 24.7 Å². The van der Waals surface area contributed by atoms with Gasteiger partial charge < -0.3 is 4.57 Å². The van der Waals surface area contributed by atoms with Crippen molar-refractivity contribution in [3.63, 3.8) is 0 Å². The molecule has 0 saturated carbocycles. The molecule has 0 aliphatic heterocycles. The van der Waals surface area contributed by atoms with Crippen LogP contribution in [0.3, 0.4) is 0 Å². The standard InChI is InChI=1S/C13H13N/c1-2-3-6-10-14-11-9-12-7-4-5-8-13(12)14/h1,4-5,7-9,11H,3,6,10H2. The van der Waals surface area contributed by atoms with E-state index in [1.54, 1.807) is 0 Å². The fourth-order valence-corrected chi connectivity index (χ4v) is 1.69. The Morgan fingerprint density at radius 2 is 2.07 bits per heavy atom. The van der Waals surface area contributed by atoms with E-state index in [2.05, 4.69) is 47.0 Å². The zero-order chi connectivity index (χ0) is 9.80. The number of para-hydroxylation sites is 1. The van der Waals surface area contributed by atoms with Crippen molar-refractivity contribution in [3.8, 4) is 12.3 Å². The number of hydrogen-bond donors (Lipinski definition) is 0. The van der Waals surface area contributed by atoms with Crippen molar-refractivity contribution in [2.24, 2.45) is 0 Å². The fourth-order valence-electron chi connectivity index (χ4n) is 1.69. The van der Waals surface area contributed by atoms with E-state index in [1.807, 2.05) is 0 Å². The number of fused-ring (bicyclic) bond motifs is 1. The number of unbranched alkanes of at least 4 members (excludes halogenated alkanes) is 1. The van der Waals surface area contributed by atoms with E-state index in [1.165, 1.54) is 10.9 Å². The van der Waals surface area contributed by atoms with Crippen molar-refractivity contribution in [2.75, 3.05) is 0 Å². The Bertz CT molecular complexity index is 459. The third kappa shape index (κ3) is 1.65. The van der Waals surface area contributed by atoms with Gasteiger partial charge in [0.2, 0.25) is 0 Å². The van der Waals surface area contributed by atoms with Crippen molar-refractivity contribution in [3.05, 3.63) is 36.5 Å². The van der Waals surface area contributed by atoms with E-state index in [4.69, 9.17) is 6.42 Å². The molecular weight excluding hydrogens is 170 g/mol. The van der Waals surface area contributed by atoms with E-state index >= 15 is 0 Å². The molecule has 1 aromatic heterocycles. The first kappa shape index (κ1) is 8.90. The summed E-state index contributed by atoms with van der Waals surface area (Å²) in [5, 5.41) is 1.30. The van der Waals surface area contributed by atoms with Crippen LogP contribution < -0.4 is 0 Å². The van der Waals surface area contributed by atoms with Gasteiger partial charge in [-0.05, 0) is 23.9 Å². The van der Waals surface area contributed by atoms with Crippen molar-refractivity contribution >= 4 is 10.9 Å². The molecule has 0 unspecified atom stereocenters. The highest BCUT2D eigenvalue weighted by Crippen LogP contribution is 2.15. The second-order valence-corrected chi connectivity index (χ2v) is 3.38. The summed E-state index contributed by atoms with van der Waals surface area (Å²) in [5.74, 6) is 2.66. The third-order valence-corrected chi connectivity index (χ3v) is 2.40. The van der Waals surface area contributed by atoms with Gasteiger partial charge in [-0.1, -0.05) is 18.2 Å². The Morgan fingerprint density at radius 1 is 1.21 bits per heavy atom. The highest BCUT2D eigenvalue weighted by molar-refractivity contribution is 5.79. The molecule has 70 valence electrons. The van der Waals surface area contributed by atoms with Gasteiger partial charge in [-0.25, -0.2) is 0 Å². The highest BCUT2D eigenvalue weighted by Gasteiger charge is 1.97. The molecule has 0 fully saturated rings. The molecule has 14 heavy (non-hydrogen) atoms. The average molecular weight is 183 g/mol. The highest BCUT2D eigenvalue weighted by atomic mass is 14.9. The Hall–Kier alpha value is -1.68. The Kier molecular flexibility index (Phi) is 2.55. The molecule has 1 heterocycles. The normalized spacial score (nSPS) is 10.2. The van der Waals surface area contributed by atoms with Gasteiger partial charge in [-0.2, -0.15) is 0 Å². The molecule has 2 aromatic rings. The topological polar surface area (TPSA) is 4.93 Å². The van der Waals surface area contributed by atoms with Crippen LogP contribution in [0, 0.1) is 12.3 Å². The lowest BCUT2D eigenvalue weighted by Crippen LogP contribution is -1.94. The molecular formula is C13H13N. The second kappa shape index (κ2) is 4.02. The molecule has 1 nitrogen and oxygen atoms in total. The number of nitrogens with zero attached hydrogens (tertiary/aromatic N) is 1. The number of aryl methyl sites for hydroxylation is 1. The molecule has 0 spiro atoms. The summed E-state index contributed by atoms with van der Waals surface area (Å²) in [5.41, 5.74) is 1.30. The van der Waals surface area contributed by atoms with Crippen molar-refractivity contribution in [2.45, 2.75) is 19.4 Å². The average Bonchev–Trinajstić information content (AvgIpc) is 2.63. The Morgan fingerprint density at radius 3 is 2.93 bits per heavy atom. The minimum absolute atomic E-state index is 0.854. The minimum atomic E-state index is 0.854. The van der Waals surface area contributed by atoms with Crippen molar-refractivity contribution in [1.82, 2.24) is 4.57 Å². The van der Waals surface area contributed by atoms with Crippen LogP contribution in [0.5, 0.6) is 0 Å². The molecule has 0 saturated heterocycles. The summed E-state index contributed by atoms with van der Waals surface area (Å²) in [6.07, 6.45) is 9.25. The molecule has 0 aliphatic carbocycles. The van der Waals surface area contributed by atoms with E-state index in [9.17, 15) is 0 Å². The quantitative estimate of drug-likeness (QED) is 0.509. The molecule has 0 radical (unpaired) electrons. The summed E-state index contributed by atoms with van der Waals surface area (Å²) in [6.45, 7) is 1.01. The third-order valence-electron chi connectivity index (χ3n) is 2.40. The van der Waals surface area contributed by atoms with E-state index in [0.29, 0.717) is 0 Å². The number of aromatic nitrogens is 1. The van der Waals surface area contributed by atoms with Gasteiger partial charge in [0.25, 0.3) is 0 Å². The van der Waals surface area contributed by atoms with E-state index in [0.717, 1.165) is 19.4 Å². The Balaban J connectivity index is 2.22. The summed E-state index contributed by atoms with van der Waals surface area (Å²) in [7, 11) is 0. The van der Waals surface area contributed by atoms with Crippen LogP contribution in [0.1, 0.15) is 12.8 Å². The van der Waals surface area contributed by atoms with Gasteiger partial charge in [0.15, 0.2) is 0 Å². The molecule has 0 amide bonds. The lowest BCUT2D eigenvalue weighted by Gasteiger charge is -2.02. The van der Waals surface area contributed by atoms with Crippen LogP contribution in [-0.2, 0) is 6.54 Å². The fraction of sp³-hybridized carbons (Fsp3) is 0.231. The predicted molar refractivity (Wildman–Crippen MR) is 60.0 cm³/mol. The Labute approximate surface area is 84.4 Å². The maximum atomic E-state index is 5.22. The minimum Gasteiger partial charge on any atom is -0.347 e. The number of rotatable bonds is 3. The number of terminal acetylenes is 1. The van der Waals surface area contributed by atoms with E-state index < -0.39 is 0 Å². The largest absolute Gasteiger partial charge is 0.347 e. The molecule has 2 rings (SSSR count). The van der Waals surface area contributed by atoms with Gasteiger partial charge in [-0.3, -0.25) is 0 Å². The molecule has 1 aromatic carbocycles. The predicted octanol–water partition coefficient (Wildman–Crippen LogP) is 3.05.